The lowest BCUT2D eigenvalue weighted by Crippen LogP contribution is -2.31. The maximum atomic E-state index is 6.18. The highest BCUT2D eigenvalue weighted by Crippen LogP contribution is 2.31. The molecule has 3 rings (SSSR count). The molecule has 0 fully saturated rings. The Bertz CT molecular complexity index is 678. The van der Waals surface area contributed by atoms with E-state index in [2.05, 4.69) is 12.1 Å². The minimum absolute atomic E-state index is 0.657. The number of nitrogens with two attached hydrogens (primary N) is 1. The Balaban J connectivity index is 1.99. The molecule has 0 atom stereocenters. The maximum absolute atomic E-state index is 6.18. The molecular weight excluding hydrogens is 264 g/mol. The number of rotatable bonds is 3. The molecule has 4 heteroatoms. The van der Waals surface area contributed by atoms with Gasteiger partial charge in [0.15, 0.2) is 0 Å². The molecule has 0 aliphatic carbocycles. The second-order valence-corrected chi connectivity index (χ2v) is 4.95. The molecule has 0 radical (unpaired) electrons. The zero-order chi connectivity index (χ0) is 14.8. The number of hydrogen-bond donors (Lipinski definition) is 1. The van der Waals surface area contributed by atoms with E-state index >= 15 is 0 Å². The highest BCUT2D eigenvalue weighted by molar-refractivity contribution is 5.83. The first-order valence-corrected chi connectivity index (χ1v) is 6.76. The Hall–Kier alpha value is -2.46. The second-order valence-electron chi connectivity index (χ2n) is 4.95. The normalized spacial score (nSPS) is 13.5. The molecule has 21 heavy (non-hydrogen) atoms. The number of benzene rings is 2. The summed E-state index contributed by atoms with van der Waals surface area (Å²) in [6.07, 6.45) is 2.10. The van der Waals surface area contributed by atoms with Crippen LogP contribution in [-0.2, 0) is 6.54 Å². The summed E-state index contributed by atoms with van der Waals surface area (Å²) in [5.41, 5.74) is 4.40. The van der Waals surface area contributed by atoms with Crippen LogP contribution in [0, 0.1) is 0 Å². The molecule has 1 heterocycles. The summed E-state index contributed by atoms with van der Waals surface area (Å²) >= 11 is 0. The molecule has 1 aliphatic heterocycles. The number of ether oxygens (including phenoxy) is 2. The molecule has 2 N–H and O–H groups in total. The van der Waals surface area contributed by atoms with Crippen LogP contribution < -0.4 is 15.3 Å². The van der Waals surface area contributed by atoms with Gasteiger partial charge in [0, 0.05) is 0 Å². The smallest absolute Gasteiger partial charge is 0.119 e. The lowest BCUT2D eigenvalue weighted by Gasteiger charge is -2.28. The van der Waals surface area contributed by atoms with Gasteiger partial charge in [0.25, 0.3) is 0 Å². The van der Waals surface area contributed by atoms with Gasteiger partial charge in [-0.25, -0.2) is 5.84 Å². The quantitative estimate of drug-likeness (QED) is 0.879. The van der Waals surface area contributed by atoms with Gasteiger partial charge in [-0.2, -0.15) is 0 Å². The van der Waals surface area contributed by atoms with Crippen molar-refractivity contribution in [1.29, 1.82) is 0 Å². The molecule has 0 aromatic heterocycles. The van der Waals surface area contributed by atoms with E-state index < -0.39 is 0 Å². The summed E-state index contributed by atoms with van der Waals surface area (Å²) in [7, 11) is 3.33. The fourth-order valence-electron chi connectivity index (χ4n) is 2.50. The molecular formula is C17H18N2O2. The molecule has 2 aromatic rings. The summed E-state index contributed by atoms with van der Waals surface area (Å²) in [6, 6.07) is 14.0. The van der Waals surface area contributed by atoms with Gasteiger partial charge in [-0.1, -0.05) is 6.07 Å². The lowest BCUT2D eigenvalue weighted by molar-refractivity contribution is 0.397. The number of hydrazine groups is 1. The van der Waals surface area contributed by atoms with Crippen LogP contribution in [0.25, 0.3) is 11.8 Å². The van der Waals surface area contributed by atoms with Gasteiger partial charge >= 0.3 is 0 Å². The molecule has 0 saturated heterocycles. The summed E-state index contributed by atoms with van der Waals surface area (Å²) in [4.78, 5) is 0. The van der Waals surface area contributed by atoms with Crippen molar-refractivity contribution in [1.82, 2.24) is 5.01 Å². The van der Waals surface area contributed by atoms with Crippen molar-refractivity contribution in [3.63, 3.8) is 0 Å². The Labute approximate surface area is 124 Å². The van der Waals surface area contributed by atoms with Crippen molar-refractivity contribution in [2.24, 2.45) is 5.84 Å². The third-order valence-corrected chi connectivity index (χ3v) is 3.68. The van der Waals surface area contributed by atoms with Crippen LogP contribution in [-0.4, -0.2) is 19.2 Å². The molecule has 0 unspecified atom stereocenters. The van der Waals surface area contributed by atoms with Crippen LogP contribution in [0.3, 0.4) is 0 Å². The van der Waals surface area contributed by atoms with Gasteiger partial charge < -0.3 is 14.5 Å². The van der Waals surface area contributed by atoms with Crippen molar-refractivity contribution in [2.45, 2.75) is 6.54 Å². The predicted octanol–water partition coefficient (Wildman–Crippen LogP) is 2.89. The van der Waals surface area contributed by atoms with E-state index in [1.165, 1.54) is 5.56 Å². The Morgan fingerprint density at radius 2 is 1.62 bits per heavy atom. The van der Waals surface area contributed by atoms with Gasteiger partial charge in [0.05, 0.1) is 26.5 Å². The highest BCUT2D eigenvalue weighted by atomic mass is 16.5. The van der Waals surface area contributed by atoms with E-state index in [1.807, 2.05) is 36.4 Å². The third kappa shape index (κ3) is 2.58. The number of methoxy groups -OCH3 is 2. The topological polar surface area (TPSA) is 47.7 Å². The van der Waals surface area contributed by atoms with E-state index in [0.717, 1.165) is 28.3 Å². The van der Waals surface area contributed by atoms with Crippen LogP contribution in [0.2, 0.25) is 0 Å². The molecule has 1 aliphatic rings. The van der Waals surface area contributed by atoms with Crippen LogP contribution in [0.1, 0.15) is 16.7 Å². The Kier molecular flexibility index (Phi) is 3.54. The second kappa shape index (κ2) is 5.50. The van der Waals surface area contributed by atoms with Crippen molar-refractivity contribution >= 4 is 11.8 Å². The molecule has 108 valence electrons. The average Bonchev–Trinajstić information content (AvgIpc) is 2.53. The standard InChI is InChI=1S/C17H18N2O2/c1-20-15-6-3-12(4-7-15)17-10-13-5-8-16(21-2)9-14(13)11-19(17)18/h3-10H,11,18H2,1-2H3. The van der Waals surface area contributed by atoms with Crippen LogP contribution in [0.5, 0.6) is 11.5 Å². The Morgan fingerprint density at radius 1 is 0.952 bits per heavy atom. The molecule has 2 aromatic carbocycles. The number of fused-ring (bicyclic) bond motifs is 1. The fraction of sp³-hybridized carbons (Fsp3) is 0.176. The van der Waals surface area contributed by atoms with Crippen molar-refractivity contribution in [3.8, 4) is 11.5 Å². The first-order chi connectivity index (χ1) is 10.2. The minimum atomic E-state index is 0.657. The SMILES string of the molecule is COc1ccc(C2=Cc3ccc(OC)cc3CN2N)cc1. The van der Waals surface area contributed by atoms with Crippen molar-refractivity contribution in [2.75, 3.05) is 14.2 Å². The monoisotopic (exact) mass is 282 g/mol. The van der Waals surface area contributed by atoms with Crippen LogP contribution >= 0.6 is 0 Å². The average molecular weight is 282 g/mol. The summed E-state index contributed by atoms with van der Waals surface area (Å²) in [5, 5.41) is 1.75. The molecule has 0 bridgehead atoms. The van der Waals surface area contributed by atoms with Gasteiger partial charge in [-0.15, -0.1) is 0 Å². The van der Waals surface area contributed by atoms with Crippen LogP contribution in [0.4, 0.5) is 0 Å². The lowest BCUT2D eigenvalue weighted by atomic mass is 9.99. The molecule has 0 spiro atoms. The molecule has 0 amide bonds. The molecule has 0 saturated carbocycles. The predicted molar refractivity (Wildman–Crippen MR) is 83.6 cm³/mol. The number of nitrogens with zero attached hydrogens (tertiary/aromatic N) is 1. The van der Waals surface area contributed by atoms with Crippen molar-refractivity contribution in [3.05, 3.63) is 59.2 Å². The summed E-state index contributed by atoms with van der Waals surface area (Å²) < 4.78 is 10.4. The van der Waals surface area contributed by atoms with Crippen LogP contribution in [0.15, 0.2) is 42.5 Å². The zero-order valence-corrected chi connectivity index (χ0v) is 12.2. The van der Waals surface area contributed by atoms with Gasteiger partial charge in [-0.05, 0) is 59.2 Å². The third-order valence-electron chi connectivity index (χ3n) is 3.68. The van der Waals surface area contributed by atoms with E-state index in [0.29, 0.717) is 6.54 Å². The van der Waals surface area contributed by atoms with E-state index in [1.54, 1.807) is 19.2 Å². The minimum Gasteiger partial charge on any atom is -0.497 e. The molecule has 4 nitrogen and oxygen atoms in total. The van der Waals surface area contributed by atoms with E-state index in [-0.39, 0.29) is 0 Å². The number of hydrogen-bond acceptors (Lipinski definition) is 4. The van der Waals surface area contributed by atoms with Crippen molar-refractivity contribution < 1.29 is 9.47 Å². The van der Waals surface area contributed by atoms with Gasteiger partial charge in [-0.3, -0.25) is 0 Å². The first-order valence-electron chi connectivity index (χ1n) is 6.76. The van der Waals surface area contributed by atoms with E-state index in [4.69, 9.17) is 15.3 Å². The highest BCUT2D eigenvalue weighted by Gasteiger charge is 2.17. The van der Waals surface area contributed by atoms with Gasteiger partial charge in [0.2, 0.25) is 0 Å². The van der Waals surface area contributed by atoms with E-state index in [9.17, 15) is 0 Å². The summed E-state index contributed by atoms with van der Waals surface area (Å²) in [5.74, 6) is 7.87. The Morgan fingerprint density at radius 3 is 2.29 bits per heavy atom. The zero-order valence-electron chi connectivity index (χ0n) is 12.2. The van der Waals surface area contributed by atoms with Gasteiger partial charge in [0.1, 0.15) is 11.5 Å². The maximum Gasteiger partial charge on any atom is 0.119 e. The largest absolute Gasteiger partial charge is 0.497 e. The fourth-order valence-corrected chi connectivity index (χ4v) is 2.50. The first kappa shape index (κ1) is 13.5. The summed E-state index contributed by atoms with van der Waals surface area (Å²) in [6.45, 7) is 0.657.